The van der Waals surface area contributed by atoms with Crippen molar-refractivity contribution in [1.82, 2.24) is 15.1 Å². The molecule has 0 aliphatic rings. The van der Waals surface area contributed by atoms with Crippen LogP contribution in [0.2, 0.25) is 5.02 Å². The van der Waals surface area contributed by atoms with Crippen molar-refractivity contribution < 1.29 is 4.74 Å². The van der Waals surface area contributed by atoms with Crippen LogP contribution >= 0.6 is 11.6 Å². The van der Waals surface area contributed by atoms with Gasteiger partial charge in [-0.1, -0.05) is 25.4 Å². The van der Waals surface area contributed by atoms with Crippen LogP contribution in [0.3, 0.4) is 0 Å². The molecular formula is C15H28ClN3O. The molecule has 1 rings (SSSR count). The first-order valence-electron chi connectivity index (χ1n) is 7.61. The van der Waals surface area contributed by atoms with Gasteiger partial charge in [0.2, 0.25) is 0 Å². The summed E-state index contributed by atoms with van der Waals surface area (Å²) in [6, 6.07) is 0.245. The largest absolute Gasteiger partial charge is 0.382 e. The maximum Gasteiger partial charge on any atom is 0.0834 e. The van der Waals surface area contributed by atoms with Crippen LogP contribution in [0.4, 0.5) is 0 Å². The molecule has 0 aliphatic carbocycles. The van der Waals surface area contributed by atoms with Crippen LogP contribution in [0, 0.1) is 0 Å². The summed E-state index contributed by atoms with van der Waals surface area (Å²) in [5, 5.41) is 8.75. The van der Waals surface area contributed by atoms with Crippen LogP contribution in [0.1, 0.15) is 58.2 Å². The zero-order chi connectivity index (χ0) is 15.0. The van der Waals surface area contributed by atoms with E-state index in [0.717, 1.165) is 49.5 Å². The van der Waals surface area contributed by atoms with E-state index in [1.807, 2.05) is 4.68 Å². The highest BCUT2D eigenvalue weighted by Crippen LogP contribution is 2.27. The number of aryl methyl sites for hydroxylation is 1. The first kappa shape index (κ1) is 17.5. The molecule has 1 aromatic rings. The molecule has 2 unspecified atom stereocenters. The second kappa shape index (κ2) is 9.37. The molecular weight excluding hydrogens is 274 g/mol. The summed E-state index contributed by atoms with van der Waals surface area (Å²) in [5.41, 5.74) is 1.12. The second-order valence-electron chi connectivity index (χ2n) is 5.23. The number of rotatable bonds is 10. The average molecular weight is 302 g/mol. The minimum Gasteiger partial charge on any atom is -0.382 e. The first-order valence-corrected chi connectivity index (χ1v) is 7.99. The van der Waals surface area contributed by atoms with Gasteiger partial charge in [0.25, 0.3) is 0 Å². The summed E-state index contributed by atoms with van der Waals surface area (Å²) >= 11 is 6.35. The van der Waals surface area contributed by atoms with Crippen molar-refractivity contribution in [2.75, 3.05) is 13.7 Å². The highest BCUT2D eigenvalue weighted by atomic mass is 35.5. The van der Waals surface area contributed by atoms with Crippen LogP contribution in [0.15, 0.2) is 6.20 Å². The minimum absolute atomic E-state index is 0.245. The molecule has 4 nitrogen and oxygen atoms in total. The summed E-state index contributed by atoms with van der Waals surface area (Å²) in [4.78, 5) is 0. The number of halogens is 1. The molecule has 1 heterocycles. The van der Waals surface area contributed by atoms with Crippen molar-refractivity contribution in [3.8, 4) is 0 Å². The lowest BCUT2D eigenvalue weighted by Crippen LogP contribution is -2.26. The van der Waals surface area contributed by atoms with Gasteiger partial charge in [0.05, 0.1) is 29.1 Å². The smallest absolute Gasteiger partial charge is 0.0834 e. The van der Waals surface area contributed by atoms with Crippen molar-refractivity contribution in [3.63, 3.8) is 0 Å². The fourth-order valence-electron chi connectivity index (χ4n) is 2.28. The Labute approximate surface area is 127 Å². The van der Waals surface area contributed by atoms with Crippen LogP contribution < -0.4 is 5.32 Å². The van der Waals surface area contributed by atoms with Gasteiger partial charge in [0.1, 0.15) is 0 Å². The Morgan fingerprint density at radius 1 is 1.35 bits per heavy atom. The quantitative estimate of drug-likeness (QED) is 0.714. The molecule has 1 N–H and O–H groups in total. The molecule has 0 aromatic carbocycles. The molecule has 0 saturated carbocycles. The molecule has 0 fully saturated rings. The van der Waals surface area contributed by atoms with Gasteiger partial charge in [-0.25, -0.2) is 0 Å². The van der Waals surface area contributed by atoms with Crippen molar-refractivity contribution in [3.05, 3.63) is 16.9 Å². The average Bonchev–Trinajstić information content (AvgIpc) is 2.80. The van der Waals surface area contributed by atoms with Crippen molar-refractivity contribution in [2.24, 2.45) is 0 Å². The van der Waals surface area contributed by atoms with E-state index in [9.17, 15) is 0 Å². The van der Waals surface area contributed by atoms with E-state index in [2.05, 4.69) is 31.2 Å². The van der Waals surface area contributed by atoms with E-state index in [0.29, 0.717) is 0 Å². The molecule has 0 aliphatic heterocycles. The van der Waals surface area contributed by atoms with Gasteiger partial charge in [0.15, 0.2) is 0 Å². The minimum atomic E-state index is 0.245. The van der Waals surface area contributed by atoms with Crippen molar-refractivity contribution in [2.45, 2.75) is 65.1 Å². The Balaban J connectivity index is 2.82. The van der Waals surface area contributed by atoms with Gasteiger partial charge in [-0.15, -0.1) is 0 Å². The van der Waals surface area contributed by atoms with Gasteiger partial charge in [-0.3, -0.25) is 4.68 Å². The third kappa shape index (κ3) is 5.08. The molecule has 1 aromatic heterocycles. The fraction of sp³-hybridized carbons (Fsp3) is 0.800. The molecule has 2 atom stereocenters. The lowest BCUT2D eigenvalue weighted by Gasteiger charge is -2.22. The summed E-state index contributed by atoms with van der Waals surface area (Å²) in [7, 11) is 1.76. The summed E-state index contributed by atoms with van der Waals surface area (Å²) in [6.07, 6.45) is 6.19. The summed E-state index contributed by atoms with van der Waals surface area (Å²) in [5.74, 6) is 0. The Kier molecular flexibility index (Phi) is 8.19. The predicted octanol–water partition coefficient (Wildman–Crippen LogP) is 3.80. The summed E-state index contributed by atoms with van der Waals surface area (Å²) < 4.78 is 7.38. The van der Waals surface area contributed by atoms with Gasteiger partial charge >= 0.3 is 0 Å². The monoisotopic (exact) mass is 301 g/mol. The number of ether oxygens (including phenoxy) is 1. The van der Waals surface area contributed by atoms with E-state index in [1.54, 1.807) is 13.3 Å². The number of nitrogens with zero attached hydrogens (tertiary/aromatic N) is 2. The standard InChI is InChI=1S/C15H28ClN3O/c1-5-9-17-14(8-7-12(3)20-4)15-13(16)11-18-19(15)10-6-2/h11-12,14,17H,5-10H2,1-4H3. The Hall–Kier alpha value is -0.580. The molecule has 0 spiro atoms. The van der Waals surface area contributed by atoms with E-state index >= 15 is 0 Å². The third-order valence-electron chi connectivity index (χ3n) is 3.50. The van der Waals surface area contributed by atoms with Crippen LogP contribution in [0.5, 0.6) is 0 Å². The van der Waals surface area contributed by atoms with Crippen LogP contribution in [0.25, 0.3) is 0 Å². The zero-order valence-corrected chi connectivity index (χ0v) is 13.9. The van der Waals surface area contributed by atoms with E-state index in [1.165, 1.54) is 0 Å². The third-order valence-corrected chi connectivity index (χ3v) is 3.79. The number of hydrogen-bond donors (Lipinski definition) is 1. The van der Waals surface area contributed by atoms with E-state index in [4.69, 9.17) is 16.3 Å². The fourth-order valence-corrected chi connectivity index (χ4v) is 2.55. The highest BCUT2D eigenvalue weighted by Gasteiger charge is 2.20. The van der Waals surface area contributed by atoms with Gasteiger partial charge in [0, 0.05) is 13.7 Å². The van der Waals surface area contributed by atoms with Crippen molar-refractivity contribution in [1.29, 1.82) is 0 Å². The zero-order valence-electron chi connectivity index (χ0n) is 13.2. The Morgan fingerprint density at radius 3 is 2.70 bits per heavy atom. The molecule has 0 amide bonds. The van der Waals surface area contributed by atoms with Gasteiger partial charge < -0.3 is 10.1 Å². The predicted molar refractivity (Wildman–Crippen MR) is 84.3 cm³/mol. The molecule has 0 bridgehead atoms. The van der Waals surface area contributed by atoms with Crippen molar-refractivity contribution >= 4 is 11.6 Å². The van der Waals surface area contributed by atoms with Crippen LogP contribution in [-0.2, 0) is 11.3 Å². The highest BCUT2D eigenvalue weighted by molar-refractivity contribution is 6.31. The van der Waals surface area contributed by atoms with E-state index in [-0.39, 0.29) is 12.1 Å². The second-order valence-corrected chi connectivity index (χ2v) is 5.64. The number of methoxy groups -OCH3 is 1. The van der Waals surface area contributed by atoms with Gasteiger partial charge in [-0.05, 0) is 39.2 Å². The Bertz CT molecular complexity index is 381. The maximum absolute atomic E-state index is 6.35. The topological polar surface area (TPSA) is 39.1 Å². The SMILES string of the molecule is CCCNC(CCC(C)OC)c1c(Cl)cnn1CCC. The molecule has 0 radical (unpaired) electrons. The van der Waals surface area contributed by atoms with Gasteiger partial charge in [-0.2, -0.15) is 5.10 Å². The lowest BCUT2D eigenvalue weighted by atomic mass is 10.0. The maximum atomic E-state index is 6.35. The molecule has 0 saturated heterocycles. The number of nitrogens with one attached hydrogen (secondary N) is 1. The Morgan fingerprint density at radius 2 is 2.10 bits per heavy atom. The lowest BCUT2D eigenvalue weighted by molar-refractivity contribution is 0.105. The number of aromatic nitrogens is 2. The van der Waals surface area contributed by atoms with Crippen LogP contribution in [-0.4, -0.2) is 29.5 Å². The van der Waals surface area contributed by atoms with E-state index < -0.39 is 0 Å². The first-order chi connectivity index (χ1) is 9.63. The molecule has 5 heteroatoms. The summed E-state index contributed by atoms with van der Waals surface area (Å²) in [6.45, 7) is 8.32. The molecule has 20 heavy (non-hydrogen) atoms. The normalized spacial score (nSPS) is 14.4. The number of hydrogen-bond acceptors (Lipinski definition) is 3. The molecule has 116 valence electrons.